The fraction of sp³-hybridized carbons (Fsp3) is 1.00. The molecule has 0 saturated heterocycles. The summed E-state index contributed by atoms with van der Waals surface area (Å²) in [7, 11) is 0. The van der Waals surface area contributed by atoms with Crippen molar-refractivity contribution in [3.63, 3.8) is 0 Å². The van der Waals surface area contributed by atoms with E-state index in [2.05, 4.69) is 4.89 Å². The zero-order valence-corrected chi connectivity index (χ0v) is 9.25. The minimum Gasteiger partial charge on any atom is -0.412 e. The van der Waals surface area contributed by atoms with Gasteiger partial charge in [0, 0.05) is 19.8 Å². The third kappa shape index (κ3) is 63.5. The summed E-state index contributed by atoms with van der Waals surface area (Å²) in [6, 6.07) is 0. The summed E-state index contributed by atoms with van der Waals surface area (Å²) in [5, 5.41) is 7.90. The van der Waals surface area contributed by atoms with Gasteiger partial charge in [-0.3, -0.25) is 5.26 Å². The molecule has 0 aromatic heterocycles. The van der Waals surface area contributed by atoms with Gasteiger partial charge in [-0.15, -0.1) is 0 Å². The molecule has 0 atom stereocenters. The van der Waals surface area contributed by atoms with Gasteiger partial charge in [0.1, 0.15) is 0 Å². The van der Waals surface area contributed by atoms with Gasteiger partial charge in [-0.25, -0.2) is 4.89 Å². The molecule has 0 spiro atoms. The van der Waals surface area contributed by atoms with Crippen molar-refractivity contribution in [1.82, 2.24) is 0 Å². The fourth-order valence-corrected chi connectivity index (χ4v) is 0. The monoisotopic (exact) mass is 354 g/mol. The molecule has 0 amide bonds. The first-order chi connectivity index (χ1) is 2.56. The normalized spacial score (nSPS) is 6.55. The molecule has 0 unspecified atom stereocenters. The molecule has 0 bridgehead atoms. The molecule has 0 aliphatic heterocycles. The third-order valence-electron chi connectivity index (χ3n) is 0.274. The SMILES string of the molecule is CC(C)(C)OO.O.O.O.O.[Os]. The van der Waals surface area contributed by atoms with E-state index in [1.807, 2.05) is 0 Å². The van der Waals surface area contributed by atoms with E-state index < -0.39 is 5.60 Å². The van der Waals surface area contributed by atoms with Gasteiger partial charge in [0.15, 0.2) is 0 Å². The fourth-order valence-electron chi connectivity index (χ4n) is 0. The minimum absolute atomic E-state index is 0. The van der Waals surface area contributed by atoms with Gasteiger partial charge >= 0.3 is 0 Å². The summed E-state index contributed by atoms with van der Waals surface area (Å²) in [4.78, 5) is 3.94. The van der Waals surface area contributed by atoms with Crippen molar-refractivity contribution in [2.75, 3.05) is 0 Å². The molecule has 6 nitrogen and oxygen atoms in total. The molecule has 0 radical (unpaired) electrons. The van der Waals surface area contributed by atoms with Crippen molar-refractivity contribution in [2.45, 2.75) is 26.4 Å². The molecule has 9 N–H and O–H groups in total. The summed E-state index contributed by atoms with van der Waals surface area (Å²) in [5.74, 6) is 0. The molecule has 7 heteroatoms. The predicted octanol–water partition coefficient (Wildman–Crippen LogP) is -2.03. The van der Waals surface area contributed by atoms with E-state index in [9.17, 15) is 0 Å². The Morgan fingerprint density at radius 3 is 1.00 bits per heavy atom. The largest absolute Gasteiger partial charge is 0.412 e. The van der Waals surface area contributed by atoms with Crippen molar-refractivity contribution >= 4 is 0 Å². The maximum absolute atomic E-state index is 7.90. The number of rotatable bonds is 0. The molecule has 0 saturated carbocycles. The van der Waals surface area contributed by atoms with E-state index in [0.717, 1.165) is 0 Å². The van der Waals surface area contributed by atoms with E-state index in [0.29, 0.717) is 0 Å². The number of hydrogen-bond donors (Lipinski definition) is 1. The van der Waals surface area contributed by atoms with Crippen molar-refractivity contribution in [3.8, 4) is 0 Å². The summed E-state index contributed by atoms with van der Waals surface area (Å²) < 4.78 is 0. The van der Waals surface area contributed by atoms with Crippen LogP contribution < -0.4 is 0 Å². The molecular weight excluding hydrogens is 334 g/mol. The molecule has 0 aliphatic carbocycles. The van der Waals surface area contributed by atoms with Crippen LogP contribution in [0.15, 0.2) is 0 Å². The average molecular weight is 352 g/mol. The first kappa shape index (κ1) is 42.3. The van der Waals surface area contributed by atoms with Crippen LogP contribution in [0.1, 0.15) is 20.8 Å². The Morgan fingerprint density at radius 1 is 0.909 bits per heavy atom. The molecule has 78 valence electrons. The van der Waals surface area contributed by atoms with Gasteiger partial charge in [-0.1, -0.05) is 0 Å². The summed E-state index contributed by atoms with van der Waals surface area (Å²) in [6.45, 7) is 5.31. The zero-order valence-electron chi connectivity index (χ0n) is 6.71. The van der Waals surface area contributed by atoms with E-state index in [1.165, 1.54) is 0 Å². The topological polar surface area (TPSA) is 155 Å². The van der Waals surface area contributed by atoms with Gasteiger partial charge in [0.05, 0.1) is 5.60 Å². The number of hydrogen-bond acceptors (Lipinski definition) is 2. The maximum atomic E-state index is 7.90. The minimum atomic E-state index is -0.403. The third-order valence-corrected chi connectivity index (χ3v) is 0.274. The van der Waals surface area contributed by atoms with Crippen molar-refractivity contribution < 1.29 is 51.8 Å². The molecule has 11 heavy (non-hydrogen) atoms. The van der Waals surface area contributed by atoms with Crippen molar-refractivity contribution in [2.24, 2.45) is 0 Å². The molecule has 0 aromatic carbocycles. The molecule has 0 heterocycles. The van der Waals surface area contributed by atoms with Crippen LogP contribution in [0, 0.1) is 0 Å². The van der Waals surface area contributed by atoms with E-state index >= 15 is 0 Å². The van der Waals surface area contributed by atoms with Crippen LogP contribution in [0.25, 0.3) is 0 Å². The van der Waals surface area contributed by atoms with Crippen LogP contribution in [0.2, 0.25) is 0 Å². The quantitative estimate of drug-likeness (QED) is 0.394. The van der Waals surface area contributed by atoms with E-state index in [1.54, 1.807) is 20.8 Å². The first-order valence-electron chi connectivity index (χ1n) is 1.89. The van der Waals surface area contributed by atoms with Gasteiger partial charge in [0.2, 0.25) is 0 Å². The second-order valence-corrected chi connectivity index (χ2v) is 2.20. The molecule has 0 aromatic rings. The van der Waals surface area contributed by atoms with Gasteiger partial charge in [-0.2, -0.15) is 0 Å². The van der Waals surface area contributed by atoms with Crippen LogP contribution in [-0.4, -0.2) is 32.8 Å². The summed E-state index contributed by atoms with van der Waals surface area (Å²) >= 11 is 0. The molecule has 0 rings (SSSR count). The van der Waals surface area contributed by atoms with Crippen LogP contribution in [0.3, 0.4) is 0 Å². The van der Waals surface area contributed by atoms with Gasteiger partial charge in [-0.05, 0) is 20.8 Å². The van der Waals surface area contributed by atoms with Gasteiger partial charge < -0.3 is 21.9 Å². The second-order valence-electron chi connectivity index (χ2n) is 2.20. The Balaban J connectivity index is -0.0000000125. The molecular formula is C4H18O6Os. The summed E-state index contributed by atoms with van der Waals surface area (Å²) in [5.41, 5.74) is -0.403. The van der Waals surface area contributed by atoms with Crippen LogP contribution in [0.5, 0.6) is 0 Å². The molecule has 0 fully saturated rings. The molecule has 0 aliphatic rings. The van der Waals surface area contributed by atoms with Crippen molar-refractivity contribution in [3.05, 3.63) is 0 Å². The Labute approximate surface area is 78.8 Å². The van der Waals surface area contributed by atoms with Crippen LogP contribution in [-0.2, 0) is 24.7 Å². The van der Waals surface area contributed by atoms with E-state index in [4.69, 9.17) is 5.26 Å². The van der Waals surface area contributed by atoms with E-state index in [-0.39, 0.29) is 41.7 Å². The standard InChI is InChI=1S/C4H10O2.4H2O.Os/c1-4(2,3)6-5;;;;;/h5H,1-3H3;4*1H2;. The average Bonchev–Trinajstić information content (AvgIpc) is 1.35. The Hall–Kier alpha value is 0.396. The smallest absolute Gasteiger partial charge is 0.0949 e. The Bertz CT molecular complexity index is 44.3. The predicted molar refractivity (Wildman–Crippen MR) is 37.9 cm³/mol. The summed E-state index contributed by atoms with van der Waals surface area (Å²) in [6.07, 6.45) is 0. The Kier molecular flexibility index (Phi) is 64.5. The van der Waals surface area contributed by atoms with Crippen LogP contribution >= 0.6 is 0 Å². The first-order valence-corrected chi connectivity index (χ1v) is 1.89. The Morgan fingerprint density at radius 2 is 1.00 bits per heavy atom. The van der Waals surface area contributed by atoms with Crippen LogP contribution in [0.4, 0.5) is 0 Å². The maximum Gasteiger partial charge on any atom is 0.0949 e. The van der Waals surface area contributed by atoms with Crippen molar-refractivity contribution in [1.29, 1.82) is 0 Å². The zero-order chi connectivity index (χ0) is 5.21. The second kappa shape index (κ2) is 16.8. The van der Waals surface area contributed by atoms with Gasteiger partial charge in [0.25, 0.3) is 0 Å².